The number of hydrogen-bond acceptors (Lipinski definition) is 2. The second-order valence-electron chi connectivity index (χ2n) is 4.53. The number of aldehydes is 1. The molecular formula is C14H27NO2. The van der Waals surface area contributed by atoms with Crippen LogP contribution < -0.4 is 5.32 Å². The number of carbonyl (C=O) groups excluding carboxylic acids is 2. The van der Waals surface area contributed by atoms with Crippen molar-refractivity contribution in [2.75, 3.05) is 6.54 Å². The molecule has 0 atom stereocenters. The van der Waals surface area contributed by atoms with Gasteiger partial charge in [0, 0.05) is 19.4 Å². The van der Waals surface area contributed by atoms with Crippen LogP contribution in [0.4, 0.5) is 0 Å². The third kappa shape index (κ3) is 13.1. The molecule has 0 aromatic rings. The molecule has 0 aromatic carbocycles. The molecule has 17 heavy (non-hydrogen) atoms. The number of amides is 1. The van der Waals surface area contributed by atoms with Crippen LogP contribution in [0, 0.1) is 0 Å². The topological polar surface area (TPSA) is 46.2 Å². The summed E-state index contributed by atoms with van der Waals surface area (Å²) in [6, 6.07) is 0. The Hall–Kier alpha value is -0.860. The van der Waals surface area contributed by atoms with Gasteiger partial charge in [0.25, 0.3) is 0 Å². The highest BCUT2D eigenvalue weighted by atomic mass is 16.1. The first-order valence-corrected chi connectivity index (χ1v) is 7.01. The zero-order valence-corrected chi connectivity index (χ0v) is 11.2. The van der Waals surface area contributed by atoms with Crippen molar-refractivity contribution in [3.63, 3.8) is 0 Å². The first-order valence-electron chi connectivity index (χ1n) is 7.01. The SMILES string of the molecule is CCCCCCCNC(=O)CCCCCC=O. The second-order valence-corrected chi connectivity index (χ2v) is 4.53. The van der Waals surface area contributed by atoms with Crippen molar-refractivity contribution in [3.05, 3.63) is 0 Å². The van der Waals surface area contributed by atoms with E-state index in [2.05, 4.69) is 12.2 Å². The molecule has 0 saturated heterocycles. The molecule has 3 nitrogen and oxygen atoms in total. The lowest BCUT2D eigenvalue weighted by atomic mass is 10.1. The largest absolute Gasteiger partial charge is 0.356 e. The van der Waals surface area contributed by atoms with Crippen molar-refractivity contribution in [3.8, 4) is 0 Å². The minimum Gasteiger partial charge on any atom is -0.356 e. The van der Waals surface area contributed by atoms with Gasteiger partial charge in [-0.1, -0.05) is 39.0 Å². The summed E-state index contributed by atoms with van der Waals surface area (Å²) in [6.07, 6.45) is 11.1. The Labute approximate surface area is 105 Å². The van der Waals surface area contributed by atoms with Gasteiger partial charge in [-0.05, 0) is 19.3 Å². The third-order valence-corrected chi connectivity index (χ3v) is 2.83. The van der Waals surface area contributed by atoms with E-state index in [0.29, 0.717) is 12.8 Å². The van der Waals surface area contributed by atoms with Gasteiger partial charge in [-0.15, -0.1) is 0 Å². The quantitative estimate of drug-likeness (QED) is 0.421. The minimum absolute atomic E-state index is 0.159. The van der Waals surface area contributed by atoms with Crippen LogP contribution in [0.3, 0.4) is 0 Å². The number of hydrogen-bond donors (Lipinski definition) is 1. The number of nitrogens with one attached hydrogen (secondary N) is 1. The van der Waals surface area contributed by atoms with E-state index in [-0.39, 0.29) is 5.91 Å². The van der Waals surface area contributed by atoms with E-state index in [4.69, 9.17) is 0 Å². The van der Waals surface area contributed by atoms with Crippen LogP contribution in [0.5, 0.6) is 0 Å². The standard InChI is InChI=1S/C14H27NO2/c1-2-3-4-6-9-12-15-14(17)11-8-5-7-10-13-16/h13H,2-12H2,1H3,(H,15,17). The van der Waals surface area contributed by atoms with Crippen LogP contribution in [-0.2, 0) is 9.59 Å². The van der Waals surface area contributed by atoms with E-state index in [0.717, 1.165) is 38.5 Å². The fourth-order valence-corrected chi connectivity index (χ4v) is 1.73. The molecule has 0 fully saturated rings. The maximum absolute atomic E-state index is 11.4. The predicted octanol–water partition coefficient (Wildman–Crippen LogP) is 3.22. The number of rotatable bonds is 12. The van der Waals surface area contributed by atoms with Gasteiger partial charge in [0.15, 0.2) is 0 Å². The molecule has 0 radical (unpaired) electrons. The van der Waals surface area contributed by atoms with Crippen molar-refractivity contribution in [1.29, 1.82) is 0 Å². The van der Waals surface area contributed by atoms with Crippen molar-refractivity contribution in [1.82, 2.24) is 5.32 Å². The average molecular weight is 241 g/mol. The summed E-state index contributed by atoms with van der Waals surface area (Å²) in [5.74, 6) is 0.159. The van der Waals surface area contributed by atoms with Crippen LogP contribution >= 0.6 is 0 Å². The molecule has 0 rings (SSSR count). The lowest BCUT2D eigenvalue weighted by Crippen LogP contribution is -2.23. The van der Waals surface area contributed by atoms with E-state index >= 15 is 0 Å². The Morgan fingerprint density at radius 2 is 1.71 bits per heavy atom. The number of carbonyl (C=O) groups is 2. The Kier molecular flexibility index (Phi) is 12.5. The predicted molar refractivity (Wildman–Crippen MR) is 70.9 cm³/mol. The fraction of sp³-hybridized carbons (Fsp3) is 0.857. The molecule has 0 aliphatic heterocycles. The van der Waals surface area contributed by atoms with E-state index in [1.807, 2.05) is 0 Å². The Bertz CT molecular complexity index is 193. The van der Waals surface area contributed by atoms with Crippen LogP contribution in [0.1, 0.15) is 71.1 Å². The van der Waals surface area contributed by atoms with E-state index in [1.165, 1.54) is 25.7 Å². The van der Waals surface area contributed by atoms with Crippen LogP contribution in [0.2, 0.25) is 0 Å². The Morgan fingerprint density at radius 1 is 1.00 bits per heavy atom. The fourth-order valence-electron chi connectivity index (χ4n) is 1.73. The monoisotopic (exact) mass is 241 g/mol. The Morgan fingerprint density at radius 3 is 2.41 bits per heavy atom. The summed E-state index contributed by atoms with van der Waals surface area (Å²) in [7, 11) is 0. The van der Waals surface area contributed by atoms with E-state index in [9.17, 15) is 9.59 Å². The molecule has 0 aliphatic carbocycles. The molecule has 100 valence electrons. The zero-order valence-electron chi connectivity index (χ0n) is 11.2. The molecule has 0 aromatic heterocycles. The molecule has 0 aliphatic rings. The normalized spacial score (nSPS) is 10.2. The van der Waals surface area contributed by atoms with Gasteiger partial charge in [-0.2, -0.15) is 0 Å². The van der Waals surface area contributed by atoms with Crippen LogP contribution in [-0.4, -0.2) is 18.7 Å². The second kappa shape index (κ2) is 13.2. The van der Waals surface area contributed by atoms with Crippen molar-refractivity contribution in [2.45, 2.75) is 71.1 Å². The van der Waals surface area contributed by atoms with Gasteiger partial charge in [0.05, 0.1) is 0 Å². The first-order chi connectivity index (χ1) is 8.31. The first kappa shape index (κ1) is 16.1. The van der Waals surface area contributed by atoms with Crippen molar-refractivity contribution in [2.24, 2.45) is 0 Å². The molecular weight excluding hydrogens is 214 g/mol. The number of unbranched alkanes of at least 4 members (excludes halogenated alkanes) is 7. The maximum Gasteiger partial charge on any atom is 0.219 e. The summed E-state index contributed by atoms with van der Waals surface area (Å²) < 4.78 is 0. The summed E-state index contributed by atoms with van der Waals surface area (Å²) in [4.78, 5) is 21.5. The van der Waals surface area contributed by atoms with Crippen molar-refractivity contribution >= 4 is 12.2 Å². The lowest BCUT2D eigenvalue weighted by molar-refractivity contribution is -0.121. The highest BCUT2D eigenvalue weighted by Crippen LogP contribution is 2.03. The molecule has 0 heterocycles. The highest BCUT2D eigenvalue weighted by molar-refractivity contribution is 5.75. The van der Waals surface area contributed by atoms with Gasteiger partial charge in [0.2, 0.25) is 5.91 Å². The highest BCUT2D eigenvalue weighted by Gasteiger charge is 1.99. The average Bonchev–Trinajstić information content (AvgIpc) is 2.33. The van der Waals surface area contributed by atoms with Crippen LogP contribution in [0.25, 0.3) is 0 Å². The van der Waals surface area contributed by atoms with Gasteiger partial charge in [-0.3, -0.25) is 4.79 Å². The summed E-state index contributed by atoms with van der Waals surface area (Å²) >= 11 is 0. The zero-order chi connectivity index (χ0) is 12.8. The van der Waals surface area contributed by atoms with Crippen LogP contribution in [0.15, 0.2) is 0 Å². The maximum atomic E-state index is 11.4. The minimum atomic E-state index is 0.159. The molecule has 1 amide bonds. The molecule has 0 bridgehead atoms. The molecule has 0 unspecified atom stereocenters. The van der Waals surface area contributed by atoms with E-state index in [1.54, 1.807) is 0 Å². The van der Waals surface area contributed by atoms with E-state index < -0.39 is 0 Å². The van der Waals surface area contributed by atoms with Gasteiger partial charge in [-0.25, -0.2) is 0 Å². The molecule has 0 saturated carbocycles. The molecule has 3 heteroatoms. The summed E-state index contributed by atoms with van der Waals surface area (Å²) in [5, 5.41) is 2.94. The summed E-state index contributed by atoms with van der Waals surface area (Å²) in [6.45, 7) is 3.02. The Balaban J connectivity index is 3.14. The van der Waals surface area contributed by atoms with Gasteiger partial charge >= 0.3 is 0 Å². The smallest absolute Gasteiger partial charge is 0.219 e. The summed E-state index contributed by atoms with van der Waals surface area (Å²) in [5.41, 5.74) is 0. The van der Waals surface area contributed by atoms with Gasteiger partial charge in [0.1, 0.15) is 6.29 Å². The molecule has 0 spiro atoms. The van der Waals surface area contributed by atoms with Gasteiger partial charge < -0.3 is 10.1 Å². The lowest BCUT2D eigenvalue weighted by Gasteiger charge is -2.04. The van der Waals surface area contributed by atoms with Crippen molar-refractivity contribution < 1.29 is 9.59 Å². The molecule has 1 N–H and O–H groups in total. The third-order valence-electron chi connectivity index (χ3n) is 2.83.